The van der Waals surface area contributed by atoms with Gasteiger partial charge in [0.2, 0.25) is 0 Å². The minimum absolute atomic E-state index is 0.410. The summed E-state index contributed by atoms with van der Waals surface area (Å²) >= 11 is 0. The predicted molar refractivity (Wildman–Crippen MR) is 48.0 cm³/mol. The molecule has 0 bridgehead atoms. The van der Waals surface area contributed by atoms with Gasteiger partial charge in [0.05, 0.1) is 13.2 Å². The van der Waals surface area contributed by atoms with Crippen molar-refractivity contribution < 1.29 is 9.47 Å². The van der Waals surface area contributed by atoms with Crippen LogP contribution in [0.15, 0.2) is 4.99 Å². The van der Waals surface area contributed by atoms with Crippen molar-refractivity contribution in [1.29, 1.82) is 0 Å². The van der Waals surface area contributed by atoms with Crippen molar-refractivity contribution in [1.82, 2.24) is 5.43 Å². The summed E-state index contributed by atoms with van der Waals surface area (Å²) in [6, 6.07) is 0. The first-order valence-electron chi connectivity index (χ1n) is 3.91. The molecule has 0 aromatic carbocycles. The SMILES string of the molecule is CCN=C(COCCOC)NN. The van der Waals surface area contributed by atoms with Crippen molar-refractivity contribution in [3.63, 3.8) is 0 Å². The number of nitrogens with zero attached hydrogens (tertiary/aromatic N) is 1. The van der Waals surface area contributed by atoms with Crippen molar-refractivity contribution in [3.8, 4) is 0 Å². The Kier molecular flexibility index (Phi) is 7.99. The lowest BCUT2D eigenvalue weighted by molar-refractivity contribution is 0.0891. The van der Waals surface area contributed by atoms with E-state index in [0.29, 0.717) is 32.2 Å². The van der Waals surface area contributed by atoms with Gasteiger partial charge in [-0.2, -0.15) is 0 Å². The molecule has 0 aliphatic heterocycles. The summed E-state index contributed by atoms with van der Waals surface area (Å²) in [6.45, 7) is 4.19. The van der Waals surface area contributed by atoms with E-state index < -0.39 is 0 Å². The molecular weight excluding hydrogens is 158 g/mol. The van der Waals surface area contributed by atoms with Crippen LogP contribution >= 0.6 is 0 Å². The molecular formula is C7H17N3O2. The third-order valence-electron chi connectivity index (χ3n) is 1.19. The smallest absolute Gasteiger partial charge is 0.137 e. The number of nitrogens with one attached hydrogen (secondary N) is 1. The molecule has 0 aliphatic rings. The first-order valence-corrected chi connectivity index (χ1v) is 3.91. The fourth-order valence-corrected chi connectivity index (χ4v) is 0.635. The third kappa shape index (κ3) is 6.09. The molecule has 0 spiro atoms. The molecule has 0 aromatic heterocycles. The fourth-order valence-electron chi connectivity index (χ4n) is 0.635. The maximum absolute atomic E-state index is 5.18. The zero-order valence-electron chi connectivity index (χ0n) is 7.67. The van der Waals surface area contributed by atoms with Crippen LogP contribution in [0.2, 0.25) is 0 Å². The second kappa shape index (κ2) is 8.45. The number of hydrogen-bond acceptors (Lipinski definition) is 4. The van der Waals surface area contributed by atoms with E-state index in [9.17, 15) is 0 Å². The summed E-state index contributed by atoms with van der Waals surface area (Å²) in [6.07, 6.45) is 0. The van der Waals surface area contributed by atoms with Crippen LogP contribution in [-0.4, -0.2) is 39.3 Å². The molecule has 0 aromatic rings. The van der Waals surface area contributed by atoms with Crippen molar-refractivity contribution in [2.24, 2.45) is 10.8 Å². The fraction of sp³-hybridized carbons (Fsp3) is 0.857. The number of hydrazine groups is 1. The molecule has 0 saturated heterocycles. The first-order chi connectivity index (χ1) is 5.85. The van der Waals surface area contributed by atoms with Crippen molar-refractivity contribution >= 4 is 5.84 Å². The lowest BCUT2D eigenvalue weighted by Crippen LogP contribution is -2.34. The van der Waals surface area contributed by atoms with Gasteiger partial charge in [-0.15, -0.1) is 0 Å². The number of methoxy groups -OCH3 is 1. The van der Waals surface area contributed by atoms with Crippen molar-refractivity contribution in [3.05, 3.63) is 0 Å². The van der Waals surface area contributed by atoms with Gasteiger partial charge in [0, 0.05) is 13.7 Å². The minimum atomic E-state index is 0.410. The number of nitrogens with two attached hydrogens (primary N) is 1. The highest BCUT2D eigenvalue weighted by atomic mass is 16.5. The molecule has 0 radical (unpaired) electrons. The zero-order valence-corrected chi connectivity index (χ0v) is 7.67. The number of ether oxygens (including phenoxy) is 2. The van der Waals surface area contributed by atoms with Crippen LogP contribution in [0.25, 0.3) is 0 Å². The molecule has 0 atom stereocenters. The molecule has 3 N–H and O–H groups in total. The highest BCUT2D eigenvalue weighted by molar-refractivity contribution is 5.82. The summed E-state index contributed by atoms with van der Waals surface area (Å²) in [4.78, 5) is 4.06. The van der Waals surface area contributed by atoms with Gasteiger partial charge in [-0.1, -0.05) is 0 Å². The van der Waals surface area contributed by atoms with E-state index in [2.05, 4.69) is 10.4 Å². The summed E-state index contributed by atoms with van der Waals surface area (Å²) in [7, 11) is 1.63. The molecule has 12 heavy (non-hydrogen) atoms. The van der Waals surface area contributed by atoms with E-state index in [4.69, 9.17) is 15.3 Å². The maximum Gasteiger partial charge on any atom is 0.137 e. The second-order valence-electron chi connectivity index (χ2n) is 2.11. The van der Waals surface area contributed by atoms with Crippen LogP contribution in [0, 0.1) is 0 Å². The van der Waals surface area contributed by atoms with Crippen LogP contribution in [-0.2, 0) is 9.47 Å². The van der Waals surface area contributed by atoms with Gasteiger partial charge in [0.15, 0.2) is 0 Å². The Hall–Kier alpha value is -0.650. The summed E-state index contributed by atoms with van der Waals surface area (Å²) in [5.41, 5.74) is 2.46. The number of aliphatic imine (C=N–C) groups is 1. The van der Waals surface area contributed by atoms with E-state index in [1.807, 2.05) is 6.92 Å². The van der Waals surface area contributed by atoms with E-state index in [1.54, 1.807) is 7.11 Å². The maximum atomic E-state index is 5.18. The Bertz CT molecular complexity index is 128. The molecule has 0 unspecified atom stereocenters. The molecule has 5 heteroatoms. The normalized spacial score (nSPS) is 11.8. The molecule has 0 aliphatic carbocycles. The van der Waals surface area contributed by atoms with Crippen LogP contribution in [0.3, 0.4) is 0 Å². The van der Waals surface area contributed by atoms with E-state index in [1.165, 1.54) is 0 Å². The average molecular weight is 175 g/mol. The Balaban J connectivity index is 3.38. The Morgan fingerprint density at radius 2 is 2.25 bits per heavy atom. The topological polar surface area (TPSA) is 68.9 Å². The molecule has 0 saturated carbocycles. The predicted octanol–water partition coefficient (Wildman–Crippen LogP) is -0.469. The van der Waals surface area contributed by atoms with Crippen molar-refractivity contribution in [2.45, 2.75) is 6.92 Å². The van der Waals surface area contributed by atoms with Gasteiger partial charge < -0.3 is 14.9 Å². The molecule has 0 amide bonds. The zero-order chi connectivity index (χ0) is 9.23. The van der Waals surface area contributed by atoms with E-state index >= 15 is 0 Å². The van der Waals surface area contributed by atoms with Crippen LogP contribution < -0.4 is 11.3 Å². The number of hydrogen-bond donors (Lipinski definition) is 2. The average Bonchev–Trinajstić information content (AvgIpc) is 2.10. The summed E-state index contributed by atoms with van der Waals surface area (Å²) in [5, 5.41) is 0. The van der Waals surface area contributed by atoms with Crippen LogP contribution in [0.4, 0.5) is 0 Å². The third-order valence-corrected chi connectivity index (χ3v) is 1.19. The largest absolute Gasteiger partial charge is 0.382 e. The Morgan fingerprint density at radius 3 is 2.75 bits per heavy atom. The monoisotopic (exact) mass is 175 g/mol. The van der Waals surface area contributed by atoms with Gasteiger partial charge in [-0.25, -0.2) is 5.84 Å². The standard InChI is InChI=1S/C7H17N3O2/c1-3-9-7(10-8)6-12-5-4-11-2/h3-6,8H2,1-2H3,(H,9,10). The van der Waals surface area contributed by atoms with Gasteiger partial charge in [0.1, 0.15) is 12.4 Å². The van der Waals surface area contributed by atoms with Crippen LogP contribution in [0.1, 0.15) is 6.92 Å². The molecule has 0 rings (SSSR count). The van der Waals surface area contributed by atoms with Crippen LogP contribution in [0.5, 0.6) is 0 Å². The van der Waals surface area contributed by atoms with Crippen molar-refractivity contribution in [2.75, 3.05) is 33.5 Å². The Labute approximate surface area is 72.9 Å². The van der Waals surface area contributed by atoms with E-state index in [-0.39, 0.29) is 0 Å². The van der Waals surface area contributed by atoms with Gasteiger partial charge in [-0.05, 0) is 6.92 Å². The molecule has 0 fully saturated rings. The van der Waals surface area contributed by atoms with Gasteiger partial charge >= 0.3 is 0 Å². The number of rotatable bonds is 6. The summed E-state index contributed by atoms with van der Waals surface area (Å²) in [5.74, 6) is 5.84. The quantitative estimate of drug-likeness (QED) is 0.188. The van der Waals surface area contributed by atoms with Gasteiger partial charge in [0.25, 0.3) is 0 Å². The number of amidine groups is 1. The van der Waals surface area contributed by atoms with Gasteiger partial charge in [-0.3, -0.25) is 4.99 Å². The molecule has 5 nitrogen and oxygen atoms in total. The second-order valence-corrected chi connectivity index (χ2v) is 2.11. The van der Waals surface area contributed by atoms with E-state index in [0.717, 1.165) is 0 Å². The molecule has 72 valence electrons. The highest BCUT2D eigenvalue weighted by Gasteiger charge is 1.94. The minimum Gasteiger partial charge on any atom is -0.382 e. The highest BCUT2D eigenvalue weighted by Crippen LogP contribution is 1.79. The summed E-state index contributed by atoms with van der Waals surface area (Å²) < 4.78 is 9.98. The molecule has 0 heterocycles. The lowest BCUT2D eigenvalue weighted by Gasteiger charge is -2.05. The lowest BCUT2D eigenvalue weighted by atomic mass is 10.6. The Morgan fingerprint density at radius 1 is 1.50 bits per heavy atom. The first kappa shape index (κ1) is 11.4.